The largest absolute Gasteiger partial charge is 0.489 e. The third-order valence-electron chi connectivity index (χ3n) is 8.81. The normalized spacial score (nSPS) is 14.3. The third kappa shape index (κ3) is 6.97. The Labute approximate surface area is 293 Å². The number of hydrogen-bond donors (Lipinski definition) is 1. The molecule has 6 aromatic carbocycles. The molecule has 6 aromatic rings. The molecular weight excluding hydrogens is 643 g/mol. The number of fused-ring (bicyclic) bond motifs is 1. The summed E-state index contributed by atoms with van der Waals surface area (Å²) in [6.45, 7) is 4.85. The molecule has 0 spiro atoms. The molecule has 250 valence electrons. The quantitative estimate of drug-likeness (QED) is 0.156. The Bertz CT molecular complexity index is 2210. The first-order valence-electron chi connectivity index (χ1n) is 16.5. The summed E-state index contributed by atoms with van der Waals surface area (Å²) >= 11 is 0. The maximum atomic E-state index is 14.7. The van der Waals surface area contributed by atoms with E-state index in [4.69, 9.17) is 4.74 Å². The van der Waals surface area contributed by atoms with Gasteiger partial charge in [0.05, 0.1) is 16.1 Å². The Kier molecular flexibility index (Phi) is 9.11. The van der Waals surface area contributed by atoms with Crippen molar-refractivity contribution in [2.45, 2.75) is 38.1 Å². The van der Waals surface area contributed by atoms with Gasteiger partial charge in [-0.05, 0) is 85.1 Å². The maximum Gasteiger partial charge on any atom is 0.262 e. The Morgan fingerprint density at radius 2 is 1.28 bits per heavy atom. The van der Waals surface area contributed by atoms with Gasteiger partial charge in [-0.25, -0.2) is 8.42 Å². The smallest absolute Gasteiger partial charge is 0.262 e. The number of amides is 1. The zero-order chi connectivity index (χ0) is 34.7. The van der Waals surface area contributed by atoms with Crippen LogP contribution in [0.1, 0.15) is 44.3 Å². The number of nitrogens with one attached hydrogen (secondary N) is 1. The van der Waals surface area contributed by atoms with Crippen LogP contribution in [-0.2, 0) is 23.2 Å². The summed E-state index contributed by atoms with van der Waals surface area (Å²) in [4.78, 5) is 18.7. The van der Waals surface area contributed by atoms with Crippen LogP contribution in [0.2, 0.25) is 0 Å². The van der Waals surface area contributed by atoms with Crippen LogP contribution in [0.3, 0.4) is 0 Å². The second-order valence-corrected chi connectivity index (χ2v) is 14.2. The van der Waals surface area contributed by atoms with Gasteiger partial charge in [-0.1, -0.05) is 108 Å². The van der Waals surface area contributed by atoms with Crippen molar-refractivity contribution in [3.8, 4) is 5.75 Å². The first kappa shape index (κ1) is 32.7. The number of carbonyl (C=O) groups is 1. The highest BCUT2D eigenvalue weighted by Gasteiger charge is 2.40. The van der Waals surface area contributed by atoms with Gasteiger partial charge >= 0.3 is 0 Å². The molecule has 1 heterocycles. The van der Waals surface area contributed by atoms with Crippen molar-refractivity contribution >= 4 is 33.0 Å². The highest BCUT2D eigenvalue weighted by Crippen LogP contribution is 2.43. The first-order valence-corrected chi connectivity index (χ1v) is 17.9. The van der Waals surface area contributed by atoms with Gasteiger partial charge in [0.2, 0.25) is 0 Å². The van der Waals surface area contributed by atoms with E-state index in [1.165, 1.54) is 6.07 Å². The van der Waals surface area contributed by atoms with Crippen LogP contribution < -0.4 is 19.3 Å². The average molecular weight is 680 g/mol. The molecule has 7 nitrogen and oxygen atoms in total. The Morgan fingerprint density at radius 3 is 1.92 bits per heavy atom. The summed E-state index contributed by atoms with van der Waals surface area (Å²) in [6.07, 6.45) is -0.547. The number of aryl methyl sites for hydroxylation is 2. The minimum atomic E-state index is -4.00. The van der Waals surface area contributed by atoms with Crippen LogP contribution in [0.15, 0.2) is 157 Å². The number of hydrogen-bond acceptors (Lipinski definition) is 5. The highest BCUT2D eigenvalue weighted by molar-refractivity contribution is 7.92. The molecule has 0 bridgehead atoms. The molecule has 0 unspecified atom stereocenters. The molecule has 50 heavy (non-hydrogen) atoms. The second kappa shape index (κ2) is 13.9. The zero-order valence-electron chi connectivity index (χ0n) is 27.9. The second-order valence-electron chi connectivity index (χ2n) is 12.5. The maximum absolute atomic E-state index is 14.7. The molecule has 1 aliphatic rings. The molecule has 1 atom stereocenters. The summed E-state index contributed by atoms with van der Waals surface area (Å²) in [5.41, 5.74) is 7.16. The number of carbonyl (C=O) groups excluding carboxylic acids is 1. The van der Waals surface area contributed by atoms with Crippen molar-refractivity contribution in [1.82, 2.24) is 0 Å². The molecule has 1 amide bonds. The van der Waals surface area contributed by atoms with Crippen molar-refractivity contribution in [3.63, 3.8) is 0 Å². The molecule has 0 saturated heterocycles. The lowest BCUT2D eigenvalue weighted by Gasteiger charge is -2.46. The standard InChI is InChI=1S/C42H37N3O4S/c1-30-13-19-35(20-14-30)43-50(47,48)38-25-26-40-39(27-38)42(46)45(36-21-15-31(2)16-22-36)41(44(40)28-32-9-5-3-6-10-32)34-17-23-37(24-18-34)49-29-33-11-7-4-8-12-33/h3-27,41,43H,28-29H2,1-2H3/t41-/m1/s1. The molecule has 0 aliphatic carbocycles. The lowest BCUT2D eigenvalue weighted by molar-refractivity contribution is 0.0968. The molecule has 8 heteroatoms. The summed E-state index contributed by atoms with van der Waals surface area (Å²) in [5.74, 6) is 0.419. The summed E-state index contributed by atoms with van der Waals surface area (Å²) < 4.78 is 36.0. The summed E-state index contributed by atoms with van der Waals surface area (Å²) in [7, 11) is -4.00. The van der Waals surface area contributed by atoms with E-state index in [0.29, 0.717) is 41.5 Å². The predicted molar refractivity (Wildman–Crippen MR) is 199 cm³/mol. The average Bonchev–Trinajstić information content (AvgIpc) is 3.14. The minimum absolute atomic E-state index is 0.00654. The van der Waals surface area contributed by atoms with E-state index in [-0.39, 0.29) is 10.8 Å². The van der Waals surface area contributed by atoms with Gasteiger partial charge < -0.3 is 9.64 Å². The molecular formula is C42H37N3O4S. The number of ether oxygens (including phenoxy) is 1. The predicted octanol–water partition coefficient (Wildman–Crippen LogP) is 9.05. The van der Waals surface area contributed by atoms with Crippen LogP contribution in [0.4, 0.5) is 17.1 Å². The van der Waals surface area contributed by atoms with E-state index in [1.807, 2.05) is 135 Å². The molecule has 0 radical (unpaired) electrons. The lowest BCUT2D eigenvalue weighted by Crippen LogP contribution is -2.49. The van der Waals surface area contributed by atoms with Gasteiger partial charge in [0.25, 0.3) is 15.9 Å². The van der Waals surface area contributed by atoms with Gasteiger partial charge in [0, 0.05) is 17.9 Å². The first-order chi connectivity index (χ1) is 24.2. The van der Waals surface area contributed by atoms with Crippen LogP contribution >= 0.6 is 0 Å². The van der Waals surface area contributed by atoms with Gasteiger partial charge in [-0.3, -0.25) is 14.4 Å². The van der Waals surface area contributed by atoms with E-state index < -0.39 is 16.2 Å². The van der Waals surface area contributed by atoms with Crippen molar-refractivity contribution in [2.75, 3.05) is 14.5 Å². The topological polar surface area (TPSA) is 79.0 Å². The van der Waals surface area contributed by atoms with E-state index >= 15 is 0 Å². The van der Waals surface area contributed by atoms with E-state index in [1.54, 1.807) is 29.2 Å². The molecule has 7 rings (SSSR count). The fourth-order valence-electron chi connectivity index (χ4n) is 6.17. The third-order valence-corrected chi connectivity index (χ3v) is 10.2. The lowest BCUT2D eigenvalue weighted by atomic mass is 9.98. The Hall–Kier alpha value is -5.86. The molecule has 0 aromatic heterocycles. The van der Waals surface area contributed by atoms with Gasteiger partial charge in [-0.15, -0.1) is 0 Å². The number of anilines is 3. The van der Waals surface area contributed by atoms with Crippen molar-refractivity contribution < 1.29 is 17.9 Å². The van der Waals surface area contributed by atoms with E-state index in [2.05, 4.69) is 9.62 Å². The summed E-state index contributed by atoms with van der Waals surface area (Å²) in [6, 6.07) is 47.6. The molecule has 1 aliphatic heterocycles. The number of rotatable bonds is 10. The van der Waals surface area contributed by atoms with Gasteiger partial charge in [-0.2, -0.15) is 0 Å². The number of benzene rings is 6. The molecule has 0 saturated carbocycles. The Morgan fingerprint density at radius 1 is 0.680 bits per heavy atom. The van der Waals surface area contributed by atoms with Crippen LogP contribution in [0.25, 0.3) is 0 Å². The van der Waals surface area contributed by atoms with Gasteiger partial charge in [0.15, 0.2) is 0 Å². The molecule has 0 fully saturated rings. The van der Waals surface area contributed by atoms with Crippen LogP contribution in [0, 0.1) is 13.8 Å². The summed E-state index contributed by atoms with van der Waals surface area (Å²) in [5, 5.41) is 0. The highest BCUT2D eigenvalue weighted by atomic mass is 32.2. The van der Waals surface area contributed by atoms with Crippen molar-refractivity contribution in [1.29, 1.82) is 0 Å². The SMILES string of the molecule is Cc1ccc(NS(=O)(=O)c2ccc3c(c2)C(=O)N(c2ccc(C)cc2)[C@H](c2ccc(OCc4ccccc4)cc2)N3Cc2ccccc2)cc1. The van der Waals surface area contributed by atoms with Crippen molar-refractivity contribution in [2.24, 2.45) is 0 Å². The fraction of sp³-hybridized carbons (Fsp3) is 0.119. The Balaban J connectivity index is 1.32. The number of nitrogens with zero attached hydrogens (tertiary/aromatic N) is 2. The van der Waals surface area contributed by atoms with Crippen molar-refractivity contribution in [3.05, 3.63) is 185 Å². The minimum Gasteiger partial charge on any atom is -0.489 e. The van der Waals surface area contributed by atoms with E-state index in [0.717, 1.165) is 27.8 Å². The van der Waals surface area contributed by atoms with Gasteiger partial charge in [0.1, 0.15) is 18.5 Å². The fourth-order valence-corrected chi connectivity index (χ4v) is 7.26. The monoisotopic (exact) mass is 679 g/mol. The van der Waals surface area contributed by atoms with Crippen LogP contribution in [-0.4, -0.2) is 14.3 Å². The number of sulfonamides is 1. The van der Waals surface area contributed by atoms with E-state index in [9.17, 15) is 13.2 Å². The molecule has 1 N–H and O–H groups in total. The van der Waals surface area contributed by atoms with Crippen LogP contribution in [0.5, 0.6) is 5.75 Å². The zero-order valence-corrected chi connectivity index (χ0v) is 28.7.